The van der Waals surface area contributed by atoms with E-state index in [0.29, 0.717) is 17.3 Å². The first-order valence-corrected chi connectivity index (χ1v) is 11.0. The van der Waals surface area contributed by atoms with Crippen molar-refractivity contribution in [3.05, 3.63) is 86.8 Å². The number of nitrogen functional groups attached to an aromatic ring is 1. The molecule has 2 aromatic heterocycles. The van der Waals surface area contributed by atoms with Crippen molar-refractivity contribution in [3.8, 4) is 5.69 Å². The second-order valence-corrected chi connectivity index (χ2v) is 8.48. The normalized spacial score (nSPS) is 12.2. The van der Waals surface area contributed by atoms with Crippen LogP contribution in [0.3, 0.4) is 0 Å². The summed E-state index contributed by atoms with van der Waals surface area (Å²) in [4.78, 5) is 26.5. The molecule has 0 amide bonds. The van der Waals surface area contributed by atoms with Crippen LogP contribution in [-0.4, -0.2) is 19.5 Å². The van der Waals surface area contributed by atoms with E-state index in [-0.39, 0.29) is 44.9 Å². The van der Waals surface area contributed by atoms with E-state index in [1.807, 2.05) is 0 Å². The molecule has 0 fully saturated rings. The van der Waals surface area contributed by atoms with Gasteiger partial charge in [0.15, 0.2) is 0 Å². The fourth-order valence-electron chi connectivity index (χ4n) is 3.95. The van der Waals surface area contributed by atoms with E-state index in [9.17, 15) is 18.0 Å². The van der Waals surface area contributed by atoms with E-state index in [0.717, 1.165) is 16.7 Å². The van der Waals surface area contributed by atoms with Crippen molar-refractivity contribution in [1.29, 1.82) is 0 Å². The summed E-state index contributed by atoms with van der Waals surface area (Å²) in [6, 6.07) is 6.61. The van der Waals surface area contributed by atoms with Gasteiger partial charge in [0.2, 0.25) is 5.95 Å². The average molecular weight is 516 g/mol. The van der Waals surface area contributed by atoms with Crippen LogP contribution < -0.4 is 22.3 Å². The zero-order valence-corrected chi connectivity index (χ0v) is 19.9. The topological polar surface area (TPSA) is 125 Å². The highest BCUT2D eigenvalue weighted by Crippen LogP contribution is 2.29. The van der Waals surface area contributed by atoms with Crippen LogP contribution >= 0.6 is 11.6 Å². The average Bonchev–Trinajstić information content (AvgIpc) is 2.77. The minimum atomic E-state index is -2.96. The first-order chi connectivity index (χ1) is 17.0. The molecule has 0 bridgehead atoms. The molecule has 0 aliphatic rings. The Bertz CT molecular complexity index is 1570. The highest BCUT2D eigenvalue weighted by molar-refractivity contribution is 6.35. The fourth-order valence-corrected chi connectivity index (χ4v) is 4.20. The summed E-state index contributed by atoms with van der Waals surface area (Å²) in [7, 11) is 0. The quantitative estimate of drug-likeness (QED) is 0.333. The molecule has 2 heterocycles. The molecule has 186 valence electrons. The number of alkyl halides is 2. The number of nitrogens with one attached hydrogen (secondary N) is 1. The van der Waals surface area contributed by atoms with Gasteiger partial charge in [-0.15, -0.1) is 0 Å². The molecule has 8 nitrogen and oxygen atoms in total. The molecule has 0 aliphatic carbocycles. The molecule has 0 aliphatic heterocycles. The second kappa shape index (κ2) is 9.50. The van der Waals surface area contributed by atoms with E-state index >= 15 is 0 Å². The van der Waals surface area contributed by atoms with Crippen molar-refractivity contribution in [2.24, 2.45) is 5.73 Å². The van der Waals surface area contributed by atoms with Crippen molar-refractivity contribution < 1.29 is 13.2 Å². The van der Waals surface area contributed by atoms with Crippen molar-refractivity contribution in [1.82, 2.24) is 19.5 Å². The second-order valence-electron chi connectivity index (χ2n) is 8.07. The van der Waals surface area contributed by atoms with Crippen LogP contribution in [-0.2, 0) is 0 Å². The van der Waals surface area contributed by atoms with Gasteiger partial charge in [0, 0.05) is 11.3 Å². The molecule has 12 heteroatoms. The number of aryl methyl sites for hydroxylation is 1. The van der Waals surface area contributed by atoms with Crippen molar-refractivity contribution >= 4 is 40.0 Å². The predicted molar refractivity (Wildman–Crippen MR) is 134 cm³/mol. The lowest BCUT2D eigenvalue weighted by Crippen LogP contribution is -2.28. The van der Waals surface area contributed by atoms with Gasteiger partial charge < -0.3 is 16.8 Å². The lowest BCUT2D eigenvalue weighted by atomic mass is 10.1. The molecule has 2 aromatic carbocycles. The van der Waals surface area contributed by atoms with Gasteiger partial charge in [-0.1, -0.05) is 24.2 Å². The van der Waals surface area contributed by atoms with E-state index in [2.05, 4.69) is 26.8 Å². The van der Waals surface area contributed by atoms with Gasteiger partial charge in [0.1, 0.15) is 17.5 Å². The third-order valence-electron chi connectivity index (χ3n) is 5.46. The van der Waals surface area contributed by atoms with E-state index in [1.54, 1.807) is 26.0 Å². The third-order valence-corrected chi connectivity index (χ3v) is 5.77. The zero-order valence-electron chi connectivity index (χ0n) is 19.2. The van der Waals surface area contributed by atoms with E-state index in [1.165, 1.54) is 6.07 Å². The number of hydrogen-bond donors (Lipinski definition) is 3. The molecule has 36 heavy (non-hydrogen) atoms. The van der Waals surface area contributed by atoms with Crippen LogP contribution in [0.1, 0.15) is 42.0 Å². The minimum Gasteiger partial charge on any atom is -0.399 e. The Morgan fingerprint density at radius 3 is 2.58 bits per heavy atom. The predicted octanol–water partition coefficient (Wildman–Crippen LogP) is 4.90. The van der Waals surface area contributed by atoms with Gasteiger partial charge >= 0.3 is 0 Å². The molecule has 0 spiro atoms. The highest BCUT2D eigenvalue weighted by atomic mass is 35.5. The van der Waals surface area contributed by atoms with Gasteiger partial charge in [-0.05, 0) is 44.2 Å². The maximum Gasteiger partial charge on any atom is 0.267 e. The lowest BCUT2D eigenvalue weighted by molar-refractivity contribution is 0.151. The zero-order chi connectivity index (χ0) is 26.3. The lowest BCUT2D eigenvalue weighted by Gasteiger charge is -2.22. The Kier molecular flexibility index (Phi) is 6.59. The van der Waals surface area contributed by atoms with Crippen LogP contribution in [0.15, 0.2) is 47.8 Å². The fraction of sp³-hybridized carbons (Fsp3) is 0.167. The maximum absolute atomic E-state index is 14.3. The number of hydrogen-bond acceptors (Lipinski definition) is 7. The van der Waals surface area contributed by atoms with Crippen LogP contribution in [0.5, 0.6) is 0 Å². The Morgan fingerprint density at radius 2 is 1.92 bits per heavy atom. The summed E-state index contributed by atoms with van der Waals surface area (Å²) in [5.41, 5.74) is 11.6. The first-order valence-electron chi connectivity index (χ1n) is 10.6. The summed E-state index contributed by atoms with van der Waals surface area (Å²) < 4.78 is 42.3. The minimum absolute atomic E-state index is 0.0328. The van der Waals surface area contributed by atoms with E-state index < -0.39 is 29.4 Å². The van der Waals surface area contributed by atoms with Crippen molar-refractivity contribution in [2.75, 3.05) is 11.1 Å². The monoisotopic (exact) mass is 515 g/mol. The number of rotatable bonds is 6. The summed E-state index contributed by atoms with van der Waals surface area (Å²) in [6.07, 6.45) is -2.96. The highest BCUT2D eigenvalue weighted by Gasteiger charge is 2.23. The van der Waals surface area contributed by atoms with Crippen molar-refractivity contribution in [3.63, 3.8) is 0 Å². The molecule has 0 saturated heterocycles. The number of anilines is 2. The van der Waals surface area contributed by atoms with Gasteiger partial charge in [0.25, 0.3) is 12.0 Å². The Morgan fingerprint density at radius 1 is 1.19 bits per heavy atom. The molecule has 0 saturated carbocycles. The number of halogens is 4. The Hall–Kier alpha value is -4.12. The Balaban J connectivity index is 1.99. The van der Waals surface area contributed by atoms with Crippen molar-refractivity contribution in [2.45, 2.75) is 26.3 Å². The molecule has 1 unspecified atom stereocenters. The summed E-state index contributed by atoms with van der Waals surface area (Å²) >= 11 is 6.27. The van der Waals surface area contributed by atoms with Gasteiger partial charge in [-0.2, -0.15) is 4.98 Å². The van der Waals surface area contributed by atoms with Crippen LogP contribution in [0.25, 0.3) is 22.3 Å². The molecule has 0 radical (unpaired) electrons. The molecular weight excluding hydrogens is 495 g/mol. The van der Waals surface area contributed by atoms with E-state index in [4.69, 9.17) is 23.1 Å². The summed E-state index contributed by atoms with van der Waals surface area (Å²) in [6.45, 7) is 7.07. The number of nitrogens with two attached hydrogens (primary N) is 2. The Labute approximate surface area is 208 Å². The maximum atomic E-state index is 14.3. The summed E-state index contributed by atoms with van der Waals surface area (Å²) in [5, 5.41) is 3.25. The van der Waals surface area contributed by atoms with Crippen LogP contribution in [0, 0.1) is 12.7 Å². The number of benzene rings is 2. The van der Waals surface area contributed by atoms with Crippen LogP contribution in [0.2, 0.25) is 5.02 Å². The standard InChI is InChI=1S/C24H21ClF3N7O/c1-10(29)18-11(2)32-24(30)34-21(18)31-12(3)22-33-17-6-4-5-16(25)19(17)23(36)35(22)15-8-13(20(27)28)7-14(26)9-15/h4-9,12,20H,1,29H2,2-3H3,(H3,30,31,32,34). The van der Waals surface area contributed by atoms with Crippen LogP contribution in [0.4, 0.5) is 24.9 Å². The SMILES string of the molecule is C=C(N)c1c(C)nc(N)nc1NC(C)c1nc2cccc(Cl)c2c(=O)n1-c1cc(F)cc(C(F)F)c1. The molecule has 4 aromatic rings. The number of aromatic nitrogens is 4. The third kappa shape index (κ3) is 4.57. The number of fused-ring (bicyclic) bond motifs is 1. The number of nitrogens with zero attached hydrogens (tertiary/aromatic N) is 4. The summed E-state index contributed by atoms with van der Waals surface area (Å²) in [5.74, 6) is -0.681. The smallest absolute Gasteiger partial charge is 0.267 e. The molecular formula is C24H21ClF3N7O. The molecule has 4 rings (SSSR count). The largest absolute Gasteiger partial charge is 0.399 e. The molecule has 5 N–H and O–H groups in total. The van der Waals surface area contributed by atoms with Gasteiger partial charge in [0.05, 0.1) is 38.9 Å². The van der Waals surface area contributed by atoms with Gasteiger partial charge in [-0.25, -0.2) is 23.1 Å². The first kappa shape index (κ1) is 25.0. The molecule has 1 atom stereocenters. The van der Waals surface area contributed by atoms with Gasteiger partial charge in [-0.3, -0.25) is 9.36 Å².